The molecule has 5 nitrogen and oxygen atoms in total. The van der Waals surface area contributed by atoms with Gasteiger partial charge in [-0.25, -0.2) is 0 Å². The molecule has 1 heterocycles. The number of likely N-dealkylation sites (tertiary alicyclic amines) is 1. The second-order valence-corrected chi connectivity index (χ2v) is 4.90. The van der Waals surface area contributed by atoms with Crippen LogP contribution >= 0.6 is 0 Å². The van der Waals surface area contributed by atoms with E-state index in [4.69, 9.17) is 5.11 Å². The molecule has 5 heteroatoms. The van der Waals surface area contributed by atoms with E-state index in [0.717, 1.165) is 32.4 Å². The van der Waals surface area contributed by atoms with Gasteiger partial charge in [0.15, 0.2) is 0 Å². The van der Waals surface area contributed by atoms with Crippen LogP contribution in [-0.2, 0) is 9.59 Å². The summed E-state index contributed by atoms with van der Waals surface area (Å²) in [4.78, 5) is 26.4. The highest BCUT2D eigenvalue weighted by molar-refractivity contribution is 5.79. The van der Waals surface area contributed by atoms with E-state index in [9.17, 15) is 9.59 Å². The first kappa shape index (κ1) is 15.0. The molecule has 0 aromatic heterocycles. The fourth-order valence-electron chi connectivity index (χ4n) is 2.33. The zero-order valence-corrected chi connectivity index (χ0v) is 11.2. The minimum absolute atomic E-state index is 0.0482. The predicted octanol–water partition coefficient (Wildman–Crippen LogP) is 1.19. The topological polar surface area (TPSA) is 60.9 Å². The molecule has 0 aliphatic carbocycles. The lowest BCUT2D eigenvalue weighted by Gasteiger charge is -2.25. The maximum Gasteiger partial charge on any atom is 0.317 e. The first-order valence-electron chi connectivity index (χ1n) is 6.85. The van der Waals surface area contributed by atoms with Gasteiger partial charge in [-0.05, 0) is 25.8 Å². The number of nitrogens with zero attached hydrogens (tertiary/aromatic N) is 2. The second-order valence-electron chi connectivity index (χ2n) is 4.90. The SMILES string of the molecule is CCCN(CC(=O)O)CC(=O)N1CCCCCC1. The molecule has 1 saturated heterocycles. The van der Waals surface area contributed by atoms with Crippen molar-refractivity contribution in [3.63, 3.8) is 0 Å². The summed E-state index contributed by atoms with van der Waals surface area (Å²) in [5.74, 6) is -0.793. The average Bonchev–Trinajstić information content (AvgIpc) is 2.56. The minimum atomic E-state index is -0.868. The van der Waals surface area contributed by atoms with E-state index in [1.54, 1.807) is 4.90 Å². The highest BCUT2D eigenvalue weighted by atomic mass is 16.4. The van der Waals surface area contributed by atoms with Crippen molar-refractivity contribution in [2.24, 2.45) is 0 Å². The molecule has 0 atom stereocenters. The Morgan fingerprint density at radius 2 is 1.72 bits per heavy atom. The van der Waals surface area contributed by atoms with E-state index in [1.807, 2.05) is 11.8 Å². The highest BCUT2D eigenvalue weighted by Gasteiger charge is 2.19. The van der Waals surface area contributed by atoms with Crippen molar-refractivity contribution >= 4 is 11.9 Å². The van der Waals surface area contributed by atoms with Crippen LogP contribution in [0.2, 0.25) is 0 Å². The molecule has 1 fully saturated rings. The summed E-state index contributed by atoms with van der Waals surface area (Å²) >= 11 is 0. The summed E-state index contributed by atoms with van der Waals surface area (Å²) < 4.78 is 0. The number of hydrogen-bond acceptors (Lipinski definition) is 3. The molecule has 1 amide bonds. The van der Waals surface area contributed by atoms with Gasteiger partial charge in [-0.3, -0.25) is 14.5 Å². The molecule has 1 rings (SSSR count). The zero-order valence-electron chi connectivity index (χ0n) is 11.2. The van der Waals surface area contributed by atoms with Crippen molar-refractivity contribution in [3.05, 3.63) is 0 Å². The van der Waals surface area contributed by atoms with Crippen molar-refractivity contribution in [2.75, 3.05) is 32.7 Å². The van der Waals surface area contributed by atoms with Crippen LogP contribution in [0.4, 0.5) is 0 Å². The van der Waals surface area contributed by atoms with Gasteiger partial charge in [0.25, 0.3) is 0 Å². The molecule has 0 spiro atoms. The fraction of sp³-hybridized carbons (Fsp3) is 0.846. The molecular weight excluding hydrogens is 232 g/mol. The van der Waals surface area contributed by atoms with Crippen molar-refractivity contribution in [3.8, 4) is 0 Å². The maximum atomic E-state index is 12.1. The van der Waals surface area contributed by atoms with E-state index >= 15 is 0 Å². The smallest absolute Gasteiger partial charge is 0.317 e. The Kier molecular flexibility index (Phi) is 6.72. The van der Waals surface area contributed by atoms with E-state index in [0.29, 0.717) is 6.54 Å². The summed E-state index contributed by atoms with van der Waals surface area (Å²) in [6, 6.07) is 0. The van der Waals surface area contributed by atoms with Gasteiger partial charge in [0, 0.05) is 13.1 Å². The van der Waals surface area contributed by atoms with Crippen LogP contribution in [0.25, 0.3) is 0 Å². The van der Waals surface area contributed by atoms with Gasteiger partial charge in [0.1, 0.15) is 0 Å². The van der Waals surface area contributed by atoms with Crippen LogP contribution in [0, 0.1) is 0 Å². The molecule has 0 bridgehead atoms. The number of aliphatic carboxylic acids is 1. The van der Waals surface area contributed by atoms with Crippen LogP contribution < -0.4 is 0 Å². The summed E-state index contributed by atoms with van der Waals surface area (Å²) in [6.45, 7) is 4.49. The van der Waals surface area contributed by atoms with Gasteiger partial charge in [-0.15, -0.1) is 0 Å². The number of carboxylic acid groups (broad SMARTS) is 1. The van der Waals surface area contributed by atoms with Crippen LogP contribution in [0.5, 0.6) is 0 Å². The molecule has 18 heavy (non-hydrogen) atoms. The Morgan fingerprint density at radius 1 is 1.11 bits per heavy atom. The number of hydrogen-bond donors (Lipinski definition) is 1. The van der Waals surface area contributed by atoms with Crippen molar-refractivity contribution < 1.29 is 14.7 Å². The largest absolute Gasteiger partial charge is 0.480 e. The summed E-state index contributed by atoms with van der Waals surface area (Å²) in [7, 11) is 0. The molecule has 0 aromatic carbocycles. The maximum absolute atomic E-state index is 12.1. The van der Waals surface area contributed by atoms with Gasteiger partial charge in [0.2, 0.25) is 5.91 Å². The van der Waals surface area contributed by atoms with E-state index < -0.39 is 5.97 Å². The molecule has 104 valence electrons. The van der Waals surface area contributed by atoms with Gasteiger partial charge in [0.05, 0.1) is 13.1 Å². The fourth-order valence-corrected chi connectivity index (χ4v) is 2.33. The van der Waals surface area contributed by atoms with Crippen molar-refractivity contribution in [1.29, 1.82) is 0 Å². The molecule has 1 aliphatic rings. The van der Waals surface area contributed by atoms with Crippen LogP contribution in [0.1, 0.15) is 39.0 Å². The quantitative estimate of drug-likeness (QED) is 0.775. The standard InChI is InChI=1S/C13H24N2O3/c1-2-7-14(11-13(17)18)10-12(16)15-8-5-3-4-6-9-15/h2-11H2,1H3,(H,17,18). The van der Waals surface area contributed by atoms with Crippen molar-refractivity contribution in [2.45, 2.75) is 39.0 Å². The minimum Gasteiger partial charge on any atom is -0.480 e. The molecular formula is C13H24N2O3. The summed E-state index contributed by atoms with van der Waals surface area (Å²) in [6.07, 6.45) is 5.38. The Hall–Kier alpha value is -1.10. The van der Waals surface area contributed by atoms with E-state index in [-0.39, 0.29) is 19.0 Å². The second kappa shape index (κ2) is 8.08. The predicted molar refractivity (Wildman–Crippen MR) is 69.4 cm³/mol. The summed E-state index contributed by atoms with van der Waals surface area (Å²) in [5, 5.41) is 8.81. The number of carboxylic acids is 1. The molecule has 1 N–H and O–H groups in total. The molecule has 0 saturated carbocycles. The van der Waals surface area contributed by atoms with E-state index in [2.05, 4.69) is 0 Å². The Morgan fingerprint density at radius 3 is 2.22 bits per heavy atom. The first-order valence-corrected chi connectivity index (χ1v) is 6.85. The lowest BCUT2D eigenvalue weighted by atomic mass is 10.2. The third-order valence-corrected chi connectivity index (χ3v) is 3.22. The Labute approximate surface area is 109 Å². The number of carbonyl (C=O) groups excluding carboxylic acids is 1. The molecule has 1 aliphatic heterocycles. The van der Waals surface area contributed by atoms with Gasteiger partial charge in [-0.1, -0.05) is 19.8 Å². The van der Waals surface area contributed by atoms with Crippen LogP contribution in [0.3, 0.4) is 0 Å². The third-order valence-electron chi connectivity index (χ3n) is 3.22. The molecule has 0 unspecified atom stereocenters. The first-order chi connectivity index (χ1) is 8.63. The molecule has 0 aromatic rings. The van der Waals surface area contributed by atoms with Crippen LogP contribution in [-0.4, -0.2) is 59.5 Å². The Bertz CT molecular complexity index is 273. The average molecular weight is 256 g/mol. The number of carbonyl (C=O) groups is 2. The lowest BCUT2D eigenvalue weighted by Crippen LogP contribution is -2.42. The lowest BCUT2D eigenvalue weighted by molar-refractivity contribution is -0.139. The monoisotopic (exact) mass is 256 g/mol. The zero-order chi connectivity index (χ0) is 13.4. The summed E-state index contributed by atoms with van der Waals surface area (Å²) in [5.41, 5.74) is 0. The Balaban J connectivity index is 2.45. The third kappa shape index (κ3) is 5.49. The van der Waals surface area contributed by atoms with E-state index in [1.165, 1.54) is 12.8 Å². The van der Waals surface area contributed by atoms with Gasteiger partial charge in [-0.2, -0.15) is 0 Å². The number of rotatable bonds is 6. The highest BCUT2D eigenvalue weighted by Crippen LogP contribution is 2.10. The van der Waals surface area contributed by atoms with Crippen LogP contribution in [0.15, 0.2) is 0 Å². The van der Waals surface area contributed by atoms with Gasteiger partial charge < -0.3 is 10.0 Å². The molecule has 0 radical (unpaired) electrons. The van der Waals surface area contributed by atoms with Crippen molar-refractivity contribution in [1.82, 2.24) is 9.80 Å². The van der Waals surface area contributed by atoms with Gasteiger partial charge >= 0.3 is 5.97 Å². The normalized spacial score (nSPS) is 16.7. The number of amides is 1.